The van der Waals surface area contributed by atoms with Crippen LogP contribution in [0.4, 0.5) is 0 Å². The summed E-state index contributed by atoms with van der Waals surface area (Å²) in [5.74, 6) is 0.381. The zero-order valence-corrected chi connectivity index (χ0v) is 11.8. The molecular weight excluding hydrogens is 266 g/mol. The summed E-state index contributed by atoms with van der Waals surface area (Å²) in [4.78, 5) is 2.45. The van der Waals surface area contributed by atoms with Gasteiger partial charge >= 0.3 is 0 Å². The number of nitrogens with zero attached hydrogens (tertiary/aromatic N) is 1. The summed E-state index contributed by atoms with van der Waals surface area (Å²) in [6.45, 7) is 3.42. The van der Waals surface area contributed by atoms with Crippen molar-refractivity contribution in [3.05, 3.63) is 46.0 Å². The van der Waals surface area contributed by atoms with Crippen LogP contribution >= 0.6 is 0 Å². The average Bonchev–Trinajstić information content (AvgIpc) is 3.03. The molecule has 4 heteroatoms. The minimum atomic E-state index is -0.710. The second-order valence-corrected chi connectivity index (χ2v) is 6.77. The summed E-state index contributed by atoms with van der Waals surface area (Å²) in [7, 11) is 0. The molecule has 0 amide bonds. The van der Waals surface area contributed by atoms with Gasteiger partial charge in [0, 0.05) is 25.0 Å². The van der Waals surface area contributed by atoms with Crippen LogP contribution < -0.4 is 0 Å². The zero-order chi connectivity index (χ0) is 14.1. The summed E-state index contributed by atoms with van der Waals surface area (Å²) in [5.41, 5.74) is 6.77. The first-order valence-corrected chi connectivity index (χ1v) is 7.75. The number of hydrogen-bond acceptors (Lipinski definition) is 4. The molecule has 0 radical (unpaired) electrons. The third kappa shape index (κ3) is 1.64. The Kier molecular flexibility index (Phi) is 2.45. The highest BCUT2D eigenvalue weighted by molar-refractivity contribution is 5.49. The molecule has 2 bridgehead atoms. The summed E-state index contributed by atoms with van der Waals surface area (Å²) >= 11 is 0. The van der Waals surface area contributed by atoms with Crippen LogP contribution in [0.15, 0.2) is 23.8 Å². The van der Waals surface area contributed by atoms with E-state index in [1.165, 1.54) is 27.8 Å². The van der Waals surface area contributed by atoms with Gasteiger partial charge in [0.15, 0.2) is 0 Å². The van der Waals surface area contributed by atoms with E-state index in [0.29, 0.717) is 18.4 Å². The van der Waals surface area contributed by atoms with Crippen LogP contribution in [0.25, 0.3) is 0 Å². The van der Waals surface area contributed by atoms with Crippen molar-refractivity contribution >= 4 is 0 Å². The fraction of sp³-hybridized carbons (Fsp3) is 0.529. The van der Waals surface area contributed by atoms with Crippen LogP contribution in [-0.2, 0) is 24.5 Å². The van der Waals surface area contributed by atoms with Crippen molar-refractivity contribution in [3.8, 4) is 0 Å². The van der Waals surface area contributed by atoms with E-state index < -0.39 is 12.2 Å². The van der Waals surface area contributed by atoms with Crippen molar-refractivity contribution in [2.24, 2.45) is 0 Å². The smallest absolute Gasteiger partial charge is 0.0984 e. The molecule has 2 N–H and O–H groups in total. The number of hydrogen-bond donors (Lipinski definition) is 2. The highest BCUT2D eigenvalue weighted by Crippen LogP contribution is 2.47. The molecule has 5 atom stereocenters. The Balaban J connectivity index is 1.63. The molecule has 110 valence electrons. The van der Waals surface area contributed by atoms with Gasteiger partial charge in [-0.25, -0.2) is 0 Å². The molecule has 1 aliphatic carbocycles. The SMILES string of the molecule is O[C@H]1C=C2[C@H]3CN(Cc4cc5c(cc43)COC5)[C@H]2C[C@@H]1O. The number of aliphatic hydroxyl groups is 2. The Hall–Kier alpha value is -1.20. The zero-order valence-electron chi connectivity index (χ0n) is 11.8. The molecule has 3 aliphatic heterocycles. The number of benzene rings is 1. The van der Waals surface area contributed by atoms with Crippen molar-refractivity contribution in [1.29, 1.82) is 0 Å². The van der Waals surface area contributed by atoms with E-state index in [4.69, 9.17) is 4.74 Å². The quantitative estimate of drug-likeness (QED) is 0.700. The molecule has 4 nitrogen and oxygen atoms in total. The monoisotopic (exact) mass is 285 g/mol. The van der Waals surface area contributed by atoms with Crippen LogP contribution in [0.1, 0.15) is 34.6 Å². The minimum Gasteiger partial charge on any atom is -0.390 e. The predicted molar refractivity (Wildman–Crippen MR) is 76.6 cm³/mol. The van der Waals surface area contributed by atoms with E-state index in [-0.39, 0.29) is 0 Å². The van der Waals surface area contributed by atoms with Gasteiger partial charge in [-0.1, -0.05) is 18.2 Å². The van der Waals surface area contributed by atoms with Crippen molar-refractivity contribution in [1.82, 2.24) is 4.90 Å². The molecule has 1 aromatic carbocycles. The highest BCUT2D eigenvalue weighted by atomic mass is 16.5. The first-order chi connectivity index (χ1) is 10.2. The lowest BCUT2D eigenvalue weighted by molar-refractivity contribution is 0.0208. The molecule has 1 aromatic rings. The Labute approximate surface area is 123 Å². The summed E-state index contributed by atoms with van der Waals surface area (Å²) in [5, 5.41) is 19.9. The molecule has 21 heavy (non-hydrogen) atoms. The fourth-order valence-electron chi connectivity index (χ4n) is 4.53. The summed E-state index contributed by atoms with van der Waals surface area (Å²) in [6.07, 6.45) is 1.22. The van der Waals surface area contributed by atoms with Gasteiger partial charge in [-0.05, 0) is 34.2 Å². The lowest BCUT2D eigenvalue weighted by Crippen LogP contribution is -2.39. The van der Waals surface area contributed by atoms with Gasteiger partial charge in [0.05, 0.1) is 25.4 Å². The van der Waals surface area contributed by atoms with Crippen LogP contribution in [0, 0.1) is 0 Å². The van der Waals surface area contributed by atoms with Crippen molar-refractivity contribution < 1.29 is 14.9 Å². The lowest BCUT2D eigenvalue weighted by Gasteiger charge is -2.31. The van der Waals surface area contributed by atoms with Gasteiger partial charge in [-0.3, -0.25) is 4.90 Å². The first kappa shape index (κ1) is 12.4. The number of aliphatic hydroxyl groups excluding tert-OH is 2. The first-order valence-electron chi connectivity index (χ1n) is 7.75. The van der Waals surface area contributed by atoms with Crippen molar-refractivity contribution in [2.45, 2.75) is 50.3 Å². The van der Waals surface area contributed by atoms with E-state index >= 15 is 0 Å². The van der Waals surface area contributed by atoms with Gasteiger partial charge in [-0.15, -0.1) is 0 Å². The van der Waals surface area contributed by atoms with E-state index in [1.807, 2.05) is 6.08 Å². The molecule has 4 aliphatic rings. The minimum absolute atomic E-state index is 0.298. The predicted octanol–water partition coefficient (Wildman–Crippen LogP) is 1.05. The van der Waals surface area contributed by atoms with Gasteiger partial charge in [0.2, 0.25) is 0 Å². The second-order valence-electron chi connectivity index (χ2n) is 6.77. The van der Waals surface area contributed by atoms with E-state index in [9.17, 15) is 10.2 Å². The topological polar surface area (TPSA) is 52.9 Å². The van der Waals surface area contributed by atoms with Gasteiger partial charge < -0.3 is 14.9 Å². The molecule has 1 unspecified atom stereocenters. The van der Waals surface area contributed by atoms with Crippen LogP contribution in [0.5, 0.6) is 0 Å². The molecule has 0 spiro atoms. The Morgan fingerprint density at radius 3 is 2.76 bits per heavy atom. The third-order valence-corrected chi connectivity index (χ3v) is 5.59. The molecule has 0 saturated carbocycles. The summed E-state index contributed by atoms with van der Waals surface area (Å²) in [6, 6.07) is 4.92. The van der Waals surface area contributed by atoms with E-state index in [0.717, 1.165) is 26.3 Å². The van der Waals surface area contributed by atoms with E-state index in [2.05, 4.69) is 17.0 Å². The van der Waals surface area contributed by atoms with Gasteiger partial charge in [0.1, 0.15) is 0 Å². The van der Waals surface area contributed by atoms with Gasteiger partial charge in [-0.2, -0.15) is 0 Å². The fourth-order valence-corrected chi connectivity index (χ4v) is 4.53. The summed E-state index contributed by atoms with van der Waals surface area (Å²) < 4.78 is 5.55. The van der Waals surface area contributed by atoms with Crippen LogP contribution in [-0.4, -0.2) is 39.9 Å². The Bertz CT molecular complexity index is 654. The largest absolute Gasteiger partial charge is 0.390 e. The van der Waals surface area contributed by atoms with Crippen LogP contribution in [0.2, 0.25) is 0 Å². The molecular formula is C17H19NO3. The molecule has 3 heterocycles. The lowest BCUT2D eigenvalue weighted by atomic mass is 9.81. The maximum Gasteiger partial charge on any atom is 0.0984 e. The van der Waals surface area contributed by atoms with Crippen molar-refractivity contribution in [2.75, 3.05) is 6.54 Å². The Morgan fingerprint density at radius 1 is 1.10 bits per heavy atom. The van der Waals surface area contributed by atoms with Crippen molar-refractivity contribution in [3.63, 3.8) is 0 Å². The van der Waals surface area contributed by atoms with E-state index in [1.54, 1.807) is 0 Å². The third-order valence-electron chi connectivity index (χ3n) is 5.59. The Morgan fingerprint density at radius 2 is 1.90 bits per heavy atom. The maximum atomic E-state index is 9.98. The molecule has 1 saturated heterocycles. The van der Waals surface area contributed by atoms with Crippen LogP contribution in [0.3, 0.4) is 0 Å². The highest BCUT2D eigenvalue weighted by Gasteiger charge is 2.45. The standard InChI is InChI=1S/C17H19NO3/c19-16-3-13-14-6-18(15(13)4-17(16)20)5-9-1-10-7-21-8-11(10)2-12(9)14/h1-3,14-17,19-20H,4-8H2/t14-,15-,16-,17-/m0/s1. The molecule has 0 aromatic heterocycles. The molecule has 1 fully saturated rings. The number of ether oxygens (including phenoxy) is 1. The maximum absolute atomic E-state index is 9.98. The number of rotatable bonds is 0. The number of fused-ring (bicyclic) bond motifs is 8. The molecule has 5 rings (SSSR count). The normalized spacial score (nSPS) is 39.5. The van der Waals surface area contributed by atoms with Gasteiger partial charge in [0.25, 0.3) is 0 Å². The average molecular weight is 285 g/mol. The second kappa shape index (κ2) is 4.17.